The second-order valence-electron chi connectivity index (χ2n) is 15.5. The first-order valence-corrected chi connectivity index (χ1v) is 17.8. The molecule has 5 amide bonds. The molecule has 1 aliphatic rings. The molecule has 0 fully saturated rings. The summed E-state index contributed by atoms with van der Waals surface area (Å²) in [7, 11) is 3.19. The molecule has 13 nitrogen and oxygen atoms in total. The summed E-state index contributed by atoms with van der Waals surface area (Å²) in [5.41, 5.74) is -0.854. The number of rotatable bonds is 19. The van der Waals surface area contributed by atoms with Gasteiger partial charge in [-0.2, -0.15) is 0 Å². The average molecular weight is 742 g/mol. The number of carboxylic acids is 1. The number of aliphatic carboxylic acids is 1. The van der Waals surface area contributed by atoms with E-state index in [1.807, 2.05) is 48.5 Å². The van der Waals surface area contributed by atoms with Crippen molar-refractivity contribution in [2.24, 2.45) is 11.3 Å². The van der Waals surface area contributed by atoms with Crippen molar-refractivity contribution in [3.05, 3.63) is 59.4 Å². The SMILES string of the molecule is CN[C@H](C(=O)N[C@H](C(=O)N(C)[C@H](/C=C(\C)C(=O)N[C@H](CCC(=O)CCCN1C(=O)C=CC1=O)C(=O)O)C(C)C)C(C)(C)C)C(C)(C)c1cccc(F)c1. The molecule has 292 valence electrons. The first kappa shape index (κ1) is 44.4. The molecule has 1 aromatic carbocycles. The normalized spacial score (nSPS) is 15.9. The smallest absolute Gasteiger partial charge is 0.326 e. The number of carbonyl (C=O) groups is 7. The molecule has 4 atom stereocenters. The van der Waals surface area contributed by atoms with Gasteiger partial charge in [-0.1, -0.05) is 66.7 Å². The van der Waals surface area contributed by atoms with Gasteiger partial charge < -0.3 is 26.0 Å². The van der Waals surface area contributed by atoms with Crippen molar-refractivity contribution in [3.8, 4) is 0 Å². The Bertz CT molecular complexity index is 1590. The van der Waals surface area contributed by atoms with E-state index < -0.39 is 76.3 Å². The maximum absolute atomic E-state index is 14.2. The second-order valence-corrected chi connectivity index (χ2v) is 15.5. The van der Waals surface area contributed by atoms with Gasteiger partial charge in [0.2, 0.25) is 17.7 Å². The number of amides is 5. The Morgan fingerprint density at radius 1 is 0.962 bits per heavy atom. The molecular formula is C39H56FN5O8. The van der Waals surface area contributed by atoms with Crippen LogP contribution in [0.2, 0.25) is 0 Å². The highest BCUT2D eigenvalue weighted by atomic mass is 19.1. The number of Topliss-reactive ketones (excluding diaryl/α,β-unsaturated/α-hetero) is 1. The van der Waals surface area contributed by atoms with Crippen molar-refractivity contribution >= 4 is 41.3 Å². The van der Waals surface area contributed by atoms with Gasteiger partial charge in [0.25, 0.3) is 11.8 Å². The van der Waals surface area contributed by atoms with Crippen LogP contribution in [0.25, 0.3) is 0 Å². The van der Waals surface area contributed by atoms with E-state index >= 15 is 0 Å². The zero-order valence-electron chi connectivity index (χ0n) is 32.5. The zero-order valence-corrected chi connectivity index (χ0v) is 32.5. The topological polar surface area (TPSA) is 182 Å². The fourth-order valence-corrected chi connectivity index (χ4v) is 6.23. The molecular weight excluding hydrogens is 685 g/mol. The molecule has 14 heteroatoms. The molecule has 0 unspecified atom stereocenters. The third-order valence-corrected chi connectivity index (χ3v) is 9.55. The van der Waals surface area contributed by atoms with E-state index in [0.29, 0.717) is 5.56 Å². The average Bonchev–Trinajstić information content (AvgIpc) is 3.38. The molecule has 4 N–H and O–H groups in total. The Balaban J connectivity index is 2.15. The zero-order chi connectivity index (χ0) is 40.4. The molecule has 0 aliphatic carbocycles. The van der Waals surface area contributed by atoms with Gasteiger partial charge in [0.1, 0.15) is 23.7 Å². The van der Waals surface area contributed by atoms with E-state index in [1.54, 1.807) is 32.3 Å². The lowest BCUT2D eigenvalue weighted by Gasteiger charge is -2.40. The first-order valence-electron chi connectivity index (χ1n) is 17.8. The molecule has 53 heavy (non-hydrogen) atoms. The summed E-state index contributed by atoms with van der Waals surface area (Å²) in [6, 6.07) is 2.19. The minimum Gasteiger partial charge on any atom is -0.480 e. The first-order chi connectivity index (χ1) is 24.5. The number of imide groups is 1. The number of benzene rings is 1. The highest BCUT2D eigenvalue weighted by molar-refractivity contribution is 6.12. The van der Waals surface area contributed by atoms with E-state index in [1.165, 1.54) is 24.0 Å². The number of hydrogen-bond acceptors (Lipinski definition) is 8. The number of ketones is 1. The van der Waals surface area contributed by atoms with Crippen LogP contribution in [0.5, 0.6) is 0 Å². The van der Waals surface area contributed by atoms with Crippen molar-refractivity contribution in [2.75, 3.05) is 20.6 Å². The van der Waals surface area contributed by atoms with E-state index in [0.717, 1.165) is 17.1 Å². The lowest BCUT2D eigenvalue weighted by atomic mass is 9.76. The quantitative estimate of drug-likeness (QED) is 0.122. The van der Waals surface area contributed by atoms with Crippen molar-refractivity contribution in [2.45, 2.75) is 111 Å². The largest absolute Gasteiger partial charge is 0.480 e. The summed E-state index contributed by atoms with van der Waals surface area (Å²) in [5.74, 6) is -4.68. The molecule has 0 bridgehead atoms. The third-order valence-electron chi connectivity index (χ3n) is 9.55. The minimum atomic E-state index is -1.37. The van der Waals surface area contributed by atoms with Crippen LogP contribution in [-0.4, -0.2) is 101 Å². The Morgan fingerprint density at radius 2 is 1.57 bits per heavy atom. The van der Waals surface area contributed by atoms with Gasteiger partial charge in [-0.3, -0.25) is 33.7 Å². The van der Waals surface area contributed by atoms with Crippen LogP contribution < -0.4 is 16.0 Å². The second kappa shape index (κ2) is 18.9. The molecule has 0 radical (unpaired) electrons. The summed E-state index contributed by atoms with van der Waals surface area (Å²) < 4.78 is 14.1. The highest BCUT2D eigenvalue weighted by Gasteiger charge is 2.42. The van der Waals surface area contributed by atoms with Crippen molar-refractivity contribution in [1.29, 1.82) is 0 Å². The van der Waals surface area contributed by atoms with Gasteiger partial charge in [0.05, 0.1) is 12.1 Å². The number of carboxylic acid groups (broad SMARTS) is 1. The van der Waals surface area contributed by atoms with Crippen LogP contribution in [0.15, 0.2) is 48.1 Å². The molecule has 1 aliphatic heterocycles. The Kier molecular flexibility index (Phi) is 15.8. The van der Waals surface area contributed by atoms with E-state index in [4.69, 9.17) is 0 Å². The molecule has 0 aromatic heterocycles. The Morgan fingerprint density at radius 3 is 2.08 bits per heavy atom. The number of carbonyl (C=O) groups excluding carboxylic acids is 6. The van der Waals surface area contributed by atoms with Crippen molar-refractivity contribution in [1.82, 2.24) is 25.8 Å². The molecule has 1 aromatic rings. The fraction of sp³-hybridized carbons (Fsp3) is 0.564. The van der Waals surface area contributed by atoms with E-state index in [9.17, 15) is 43.1 Å². The van der Waals surface area contributed by atoms with Gasteiger partial charge in [-0.15, -0.1) is 0 Å². The van der Waals surface area contributed by atoms with Crippen LogP contribution in [0.1, 0.15) is 86.6 Å². The van der Waals surface area contributed by atoms with Gasteiger partial charge in [-0.25, -0.2) is 9.18 Å². The number of likely N-dealkylation sites (N-methyl/N-ethyl adjacent to an activating group) is 2. The maximum atomic E-state index is 14.2. The molecule has 1 heterocycles. The summed E-state index contributed by atoms with van der Waals surface area (Å²) in [4.78, 5) is 91.5. The third kappa shape index (κ3) is 12.2. The number of nitrogens with one attached hydrogen (secondary N) is 3. The number of nitrogens with zero attached hydrogens (tertiary/aromatic N) is 2. The van der Waals surface area contributed by atoms with Gasteiger partial charge in [0.15, 0.2) is 0 Å². The summed E-state index contributed by atoms with van der Waals surface area (Å²) >= 11 is 0. The predicted octanol–water partition coefficient (Wildman–Crippen LogP) is 3.28. The van der Waals surface area contributed by atoms with E-state index in [2.05, 4.69) is 16.0 Å². The summed E-state index contributed by atoms with van der Waals surface area (Å²) in [5, 5.41) is 18.2. The van der Waals surface area contributed by atoms with E-state index in [-0.39, 0.29) is 49.5 Å². The molecule has 0 saturated carbocycles. The van der Waals surface area contributed by atoms with Crippen LogP contribution in [0, 0.1) is 17.2 Å². The molecule has 0 spiro atoms. The Labute approximate surface area is 311 Å². The molecule has 2 rings (SSSR count). The van der Waals surface area contributed by atoms with Gasteiger partial charge in [-0.05, 0) is 55.8 Å². The van der Waals surface area contributed by atoms with Crippen LogP contribution in [0.3, 0.4) is 0 Å². The van der Waals surface area contributed by atoms with Crippen LogP contribution in [0.4, 0.5) is 4.39 Å². The maximum Gasteiger partial charge on any atom is 0.326 e. The predicted molar refractivity (Wildman–Crippen MR) is 198 cm³/mol. The lowest BCUT2D eigenvalue weighted by molar-refractivity contribution is -0.142. The Hall–Kier alpha value is -4.72. The van der Waals surface area contributed by atoms with Gasteiger partial charge >= 0.3 is 5.97 Å². The van der Waals surface area contributed by atoms with Crippen molar-refractivity contribution < 1.29 is 43.1 Å². The standard InChI is InChI=1S/C39H56FN5O8/c1-23(2)29(21-24(3)34(49)42-28(37(52)53)17-16-27(46)15-12-20-45-30(47)18-19-31(45)48)44(10)36(51)33(38(4,5)6)43-35(50)32(41-9)39(7,8)25-13-11-14-26(40)22-25/h11,13-14,18-19,21-23,28-29,32-33,41H,12,15-17,20H2,1-10H3,(H,42,49)(H,43,50)(H,52,53)/b24-21+/t28-,29-,32-,33-/m1/s1. The van der Waals surface area contributed by atoms with Crippen LogP contribution >= 0.6 is 0 Å². The summed E-state index contributed by atoms with van der Waals surface area (Å²) in [6.07, 6.45) is 3.84. The molecule has 0 saturated heterocycles. The lowest BCUT2D eigenvalue weighted by Crippen LogP contribution is -2.61. The monoisotopic (exact) mass is 741 g/mol. The highest BCUT2D eigenvalue weighted by Crippen LogP contribution is 2.29. The van der Waals surface area contributed by atoms with Gasteiger partial charge in [0, 0.05) is 49.6 Å². The number of hydrogen-bond donors (Lipinski definition) is 4. The van der Waals surface area contributed by atoms with Crippen LogP contribution in [-0.2, 0) is 39.0 Å². The fourth-order valence-electron chi connectivity index (χ4n) is 6.23. The summed E-state index contributed by atoms with van der Waals surface area (Å²) in [6.45, 7) is 14.4. The number of halogens is 1. The minimum absolute atomic E-state index is 0.0309. The van der Waals surface area contributed by atoms with Crippen molar-refractivity contribution in [3.63, 3.8) is 0 Å².